The molecule has 2 aromatic rings. The van der Waals surface area contributed by atoms with Crippen molar-refractivity contribution < 1.29 is 9.59 Å². The Morgan fingerprint density at radius 3 is 2.27 bits per heavy atom. The van der Waals surface area contributed by atoms with E-state index < -0.39 is 0 Å². The molecule has 0 bridgehead atoms. The van der Waals surface area contributed by atoms with Gasteiger partial charge in [0, 0.05) is 24.7 Å². The van der Waals surface area contributed by atoms with Crippen LogP contribution in [0.1, 0.15) is 48.8 Å². The van der Waals surface area contributed by atoms with E-state index in [9.17, 15) is 9.59 Å². The first-order chi connectivity index (χ1) is 12.3. The molecular formula is C21H26N2O2S. The van der Waals surface area contributed by atoms with Gasteiger partial charge in [0.1, 0.15) is 0 Å². The Morgan fingerprint density at radius 2 is 1.73 bits per heavy atom. The largest absolute Gasteiger partial charge is 0.338 e. The zero-order valence-electron chi connectivity index (χ0n) is 15.6. The number of anilines is 1. The fourth-order valence-electron chi connectivity index (χ4n) is 3.20. The average molecular weight is 371 g/mol. The minimum absolute atomic E-state index is 0.0373. The minimum Gasteiger partial charge on any atom is -0.338 e. The first-order valence-electron chi connectivity index (χ1n) is 9.09. The van der Waals surface area contributed by atoms with Gasteiger partial charge in [-0.15, -0.1) is 11.3 Å². The van der Waals surface area contributed by atoms with Crippen molar-refractivity contribution in [2.24, 2.45) is 5.92 Å². The number of hydrogen-bond acceptors (Lipinski definition) is 3. The lowest BCUT2D eigenvalue weighted by atomic mass is 9.87. The van der Waals surface area contributed by atoms with Crippen molar-refractivity contribution in [3.05, 3.63) is 52.2 Å². The van der Waals surface area contributed by atoms with Crippen molar-refractivity contribution >= 4 is 28.8 Å². The first kappa shape index (κ1) is 18.6. The predicted molar refractivity (Wildman–Crippen MR) is 107 cm³/mol. The molecule has 0 saturated carbocycles. The van der Waals surface area contributed by atoms with Crippen LogP contribution < -0.4 is 5.32 Å². The molecule has 0 unspecified atom stereocenters. The van der Waals surface area contributed by atoms with Gasteiger partial charge < -0.3 is 10.2 Å². The van der Waals surface area contributed by atoms with E-state index in [0.717, 1.165) is 10.6 Å². The second-order valence-corrected chi connectivity index (χ2v) is 8.81. The molecule has 1 aliphatic heterocycles. The van der Waals surface area contributed by atoms with Crippen molar-refractivity contribution in [1.82, 2.24) is 4.90 Å². The molecule has 1 fully saturated rings. The zero-order valence-corrected chi connectivity index (χ0v) is 16.4. The van der Waals surface area contributed by atoms with E-state index in [1.54, 1.807) is 0 Å². The molecule has 1 aromatic carbocycles. The molecule has 0 aliphatic carbocycles. The van der Waals surface area contributed by atoms with Crippen LogP contribution >= 0.6 is 11.3 Å². The third-order valence-electron chi connectivity index (χ3n) is 4.90. The second kappa shape index (κ2) is 7.62. The molecule has 0 radical (unpaired) electrons. The highest BCUT2D eigenvalue weighted by atomic mass is 32.1. The van der Waals surface area contributed by atoms with Crippen LogP contribution in [0, 0.1) is 5.92 Å². The molecule has 0 atom stereocenters. The summed E-state index contributed by atoms with van der Waals surface area (Å²) in [6.07, 6.45) is 1.42. The molecule has 3 rings (SSSR count). The van der Waals surface area contributed by atoms with Crippen LogP contribution in [0.4, 0.5) is 5.69 Å². The highest BCUT2D eigenvalue weighted by Gasteiger charge is 2.28. The Bertz CT molecular complexity index is 752. The lowest BCUT2D eigenvalue weighted by molar-refractivity contribution is -0.121. The summed E-state index contributed by atoms with van der Waals surface area (Å²) in [6.45, 7) is 7.79. The van der Waals surface area contributed by atoms with E-state index in [4.69, 9.17) is 0 Å². The molecule has 2 amide bonds. The van der Waals surface area contributed by atoms with Crippen molar-refractivity contribution in [3.63, 3.8) is 0 Å². The SMILES string of the molecule is CC(C)(C)c1ccc(NC(=O)C2CCN(C(=O)c3cccs3)CC2)cc1. The molecule has 138 valence electrons. The average Bonchev–Trinajstić information content (AvgIpc) is 3.15. The number of rotatable bonds is 3. The van der Waals surface area contributed by atoms with E-state index in [-0.39, 0.29) is 23.1 Å². The number of carbonyl (C=O) groups excluding carboxylic acids is 2. The topological polar surface area (TPSA) is 49.4 Å². The number of likely N-dealkylation sites (tertiary alicyclic amines) is 1. The van der Waals surface area contributed by atoms with E-state index in [1.807, 2.05) is 34.5 Å². The highest BCUT2D eigenvalue weighted by molar-refractivity contribution is 7.12. The Kier molecular flexibility index (Phi) is 5.47. The maximum absolute atomic E-state index is 12.5. The number of hydrogen-bond donors (Lipinski definition) is 1. The fraction of sp³-hybridized carbons (Fsp3) is 0.429. The number of nitrogens with one attached hydrogen (secondary N) is 1. The molecule has 5 heteroatoms. The van der Waals surface area contributed by atoms with Gasteiger partial charge in [-0.2, -0.15) is 0 Å². The number of nitrogens with zero attached hydrogens (tertiary/aromatic N) is 1. The Labute approximate surface area is 159 Å². The van der Waals surface area contributed by atoms with Gasteiger partial charge in [0.15, 0.2) is 0 Å². The fourth-order valence-corrected chi connectivity index (χ4v) is 3.89. The molecular weight excluding hydrogens is 344 g/mol. The van der Waals surface area contributed by atoms with E-state index in [0.29, 0.717) is 25.9 Å². The van der Waals surface area contributed by atoms with Gasteiger partial charge >= 0.3 is 0 Å². The van der Waals surface area contributed by atoms with E-state index in [2.05, 4.69) is 38.2 Å². The summed E-state index contributed by atoms with van der Waals surface area (Å²) in [6, 6.07) is 11.8. The maximum atomic E-state index is 12.5. The number of thiophene rings is 1. The van der Waals surface area contributed by atoms with Gasteiger partial charge in [-0.1, -0.05) is 39.0 Å². The summed E-state index contributed by atoms with van der Waals surface area (Å²) in [5.41, 5.74) is 2.18. The highest BCUT2D eigenvalue weighted by Crippen LogP contribution is 2.25. The maximum Gasteiger partial charge on any atom is 0.263 e. The minimum atomic E-state index is -0.0373. The van der Waals surface area contributed by atoms with Crippen molar-refractivity contribution in [1.29, 1.82) is 0 Å². The normalized spacial score (nSPS) is 15.7. The first-order valence-corrected chi connectivity index (χ1v) is 9.97. The lowest BCUT2D eigenvalue weighted by Crippen LogP contribution is -2.41. The molecule has 1 aliphatic rings. The quantitative estimate of drug-likeness (QED) is 0.862. The summed E-state index contributed by atoms with van der Waals surface area (Å²) in [7, 11) is 0. The standard InChI is InChI=1S/C21H26N2O2S/c1-21(2,3)16-6-8-17(9-7-16)22-19(24)15-10-12-23(13-11-15)20(25)18-5-4-14-26-18/h4-9,14-15H,10-13H2,1-3H3,(H,22,24). The predicted octanol–water partition coefficient (Wildman–Crippen LogP) is 4.54. The van der Waals surface area contributed by atoms with Gasteiger partial charge in [0.05, 0.1) is 4.88 Å². The third kappa shape index (κ3) is 4.33. The van der Waals surface area contributed by atoms with Crippen LogP contribution in [-0.4, -0.2) is 29.8 Å². The van der Waals surface area contributed by atoms with Crippen LogP contribution in [0.3, 0.4) is 0 Å². The van der Waals surface area contributed by atoms with Crippen LogP contribution in [0.15, 0.2) is 41.8 Å². The van der Waals surface area contributed by atoms with Crippen LogP contribution in [0.25, 0.3) is 0 Å². The number of piperidine rings is 1. The molecule has 2 heterocycles. The van der Waals surface area contributed by atoms with Gasteiger partial charge in [-0.05, 0) is 47.4 Å². The van der Waals surface area contributed by atoms with Crippen LogP contribution in [-0.2, 0) is 10.2 Å². The lowest BCUT2D eigenvalue weighted by Gasteiger charge is -2.31. The summed E-state index contributed by atoms with van der Waals surface area (Å²) >= 11 is 1.47. The van der Waals surface area contributed by atoms with Gasteiger partial charge in [-0.25, -0.2) is 0 Å². The Balaban J connectivity index is 1.53. The Morgan fingerprint density at radius 1 is 1.08 bits per heavy atom. The number of amides is 2. The smallest absolute Gasteiger partial charge is 0.263 e. The second-order valence-electron chi connectivity index (χ2n) is 7.86. The van der Waals surface area contributed by atoms with E-state index >= 15 is 0 Å². The summed E-state index contributed by atoms with van der Waals surface area (Å²) in [4.78, 5) is 27.5. The van der Waals surface area contributed by atoms with Gasteiger partial charge in [0.2, 0.25) is 5.91 Å². The number of benzene rings is 1. The monoisotopic (exact) mass is 370 g/mol. The number of carbonyl (C=O) groups is 2. The molecule has 1 N–H and O–H groups in total. The molecule has 1 aromatic heterocycles. The van der Waals surface area contributed by atoms with Crippen molar-refractivity contribution in [2.75, 3.05) is 18.4 Å². The van der Waals surface area contributed by atoms with Crippen molar-refractivity contribution in [3.8, 4) is 0 Å². The molecule has 4 nitrogen and oxygen atoms in total. The third-order valence-corrected chi connectivity index (χ3v) is 5.76. The summed E-state index contributed by atoms with van der Waals surface area (Å²) < 4.78 is 0. The summed E-state index contributed by atoms with van der Waals surface area (Å²) in [5, 5.41) is 4.94. The van der Waals surface area contributed by atoms with Gasteiger partial charge in [0.25, 0.3) is 5.91 Å². The molecule has 0 spiro atoms. The Hall–Kier alpha value is -2.14. The van der Waals surface area contributed by atoms with Crippen LogP contribution in [0.2, 0.25) is 0 Å². The van der Waals surface area contributed by atoms with Crippen LogP contribution in [0.5, 0.6) is 0 Å². The van der Waals surface area contributed by atoms with E-state index in [1.165, 1.54) is 16.9 Å². The van der Waals surface area contributed by atoms with Gasteiger partial charge in [-0.3, -0.25) is 9.59 Å². The molecule has 1 saturated heterocycles. The molecule has 26 heavy (non-hydrogen) atoms. The van der Waals surface area contributed by atoms with Crippen molar-refractivity contribution in [2.45, 2.75) is 39.0 Å². The zero-order chi connectivity index (χ0) is 18.7. The summed E-state index contributed by atoms with van der Waals surface area (Å²) in [5.74, 6) is 0.0954.